The lowest BCUT2D eigenvalue weighted by atomic mass is 9.62. The van der Waals surface area contributed by atoms with Gasteiger partial charge in [0.25, 0.3) is 0 Å². The number of hydroxylamine groups is 2. The first kappa shape index (κ1) is 32.0. The van der Waals surface area contributed by atoms with Crippen molar-refractivity contribution in [3.63, 3.8) is 0 Å². The largest absolute Gasteiger partial charge is 0.460 e. The number of aliphatic hydroxyl groups excluding tert-OH is 1. The summed E-state index contributed by atoms with van der Waals surface area (Å²) < 4.78 is 22.8. The number of nitrogens with one attached hydrogen (secondary N) is 1. The summed E-state index contributed by atoms with van der Waals surface area (Å²) in [6.45, 7) is 4.94. The summed E-state index contributed by atoms with van der Waals surface area (Å²) in [7, 11) is 3.32. The van der Waals surface area contributed by atoms with Crippen molar-refractivity contribution in [1.29, 1.82) is 0 Å². The van der Waals surface area contributed by atoms with Crippen LogP contribution in [0.25, 0.3) is 6.08 Å². The Balaban J connectivity index is 1.42. The molecule has 2 bridgehead atoms. The van der Waals surface area contributed by atoms with E-state index in [0.29, 0.717) is 0 Å². The molecule has 4 aliphatic rings. The van der Waals surface area contributed by atoms with E-state index in [4.69, 9.17) is 23.8 Å². The van der Waals surface area contributed by atoms with E-state index in [0.717, 1.165) is 11.1 Å². The van der Waals surface area contributed by atoms with E-state index in [1.54, 1.807) is 40.9 Å². The molecule has 44 heavy (non-hydrogen) atoms. The lowest BCUT2D eigenvalue weighted by Gasteiger charge is -2.49. The van der Waals surface area contributed by atoms with E-state index in [1.807, 2.05) is 24.3 Å². The molecule has 1 aliphatic carbocycles. The van der Waals surface area contributed by atoms with Crippen LogP contribution in [0.5, 0.6) is 0 Å². The third-order valence-electron chi connectivity index (χ3n) is 8.39. The van der Waals surface area contributed by atoms with Crippen molar-refractivity contribution < 1.29 is 48.1 Å². The number of carbonyl (C=O) groups excluding carboxylic acids is 4. The lowest BCUT2D eigenvalue weighted by molar-refractivity contribution is -0.201. The molecule has 1 aromatic rings. The van der Waals surface area contributed by atoms with Crippen LogP contribution < -0.4 is 5.32 Å². The summed E-state index contributed by atoms with van der Waals surface area (Å²) in [4.78, 5) is 60.3. The first-order valence-corrected chi connectivity index (χ1v) is 14.8. The summed E-state index contributed by atoms with van der Waals surface area (Å²) >= 11 is 0. The quantitative estimate of drug-likeness (QED) is 0.286. The van der Waals surface area contributed by atoms with Crippen LogP contribution in [0.15, 0.2) is 30.3 Å². The number of likely N-dealkylation sites (N-methyl/N-ethyl adjacent to an activating group) is 1. The van der Waals surface area contributed by atoms with Crippen LogP contribution in [0.3, 0.4) is 0 Å². The number of ether oxygens (including phenoxy) is 4. The Morgan fingerprint density at radius 3 is 2.64 bits per heavy atom. The molecule has 7 atom stereocenters. The fraction of sp³-hybridized carbons (Fsp3) is 0.613. The predicted octanol–water partition coefficient (Wildman–Crippen LogP) is 0.928. The molecule has 0 aromatic heterocycles. The summed E-state index contributed by atoms with van der Waals surface area (Å²) in [5.41, 5.74) is -0.586. The standard InChI is InChI=1S/C31H41N3O10/c1-30(2,3)43-23(37)13-11-20(16-35)32-29(39)31-14-21-24-25(41-17-40-24)27(31)44-34(26(31)28(38)42-21)15-19-9-7-6-8-18(19)10-12-22(36)33(4)5/h6-10,12,20-21,24-27,35H,11,13-17H2,1-5H3,(H,32,39)/t20-,21-,24-,25-,26-,27+,31-/m0/s1. The molecule has 0 unspecified atom stereocenters. The summed E-state index contributed by atoms with van der Waals surface area (Å²) in [6.07, 6.45) is 0.518. The van der Waals surface area contributed by atoms with E-state index in [1.165, 1.54) is 16.0 Å². The SMILES string of the molecule is CN(C)C(=O)C=Cc1ccccc1CN1O[C@@H]2[C@H]3OCO[C@H]3[C@@H]3C[C@]2(C(=O)N[C@H](CO)CCC(=O)OC(C)(C)C)[C@@H]1C(=O)O3. The highest BCUT2D eigenvalue weighted by molar-refractivity contribution is 5.94. The lowest BCUT2D eigenvalue weighted by Crippen LogP contribution is -2.70. The Bertz CT molecular complexity index is 1310. The van der Waals surface area contributed by atoms with Gasteiger partial charge in [0, 0.05) is 33.0 Å². The fourth-order valence-corrected chi connectivity index (χ4v) is 6.37. The number of benzene rings is 1. The summed E-state index contributed by atoms with van der Waals surface area (Å²) in [6, 6.07) is 5.47. The molecule has 2 amide bonds. The highest BCUT2D eigenvalue weighted by Crippen LogP contribution is 2.55. The molecule has 1 saturated carbocycles. The first-order valence-electron chi connectivity index (χ1n) is 14.8. The number of hydrogen-bond acceptors (Lipinski definition) is 11. The van der Waals surface area contributed by atoms with Crippen LogP contribution >= 0.6 is 0 Å². The molecule has 4 fully saturated rings. The maximum absolute atomic E-state index is 14.3. The number of fused-ring (bicyclic) bond motifs is 4. The van der Waals surface area contributed by atoms with Crippen LogP contribution in [-0.4, -0.2) is 108 Å². The van der Waals surface area contributed by atoms with Gasteiger partial charge in [0.1, 0.15) is 42.2 Å². The Labute approximate surface area is 256 Å². The van der Waals surface area contributed by atoms with E-state index >= 15 is 0 Å². The van der Waals surface area contributed by atoms with Crippen LogP contribution in [0, 0.1) is 5.41 Å². The van der Waals surface area contributed by atoms with Crippen molar-refractivity contribution >= 4 is 29.8 Å². The third-order valence-corrected chi connectivity index (χ3v) is 8.39. The van der Waals surface area contributed by atoms with E-state index in [2.05, 4.69) is 5.32 Å². The third kappa shape index (κ3) is 6.24. The first-order chi connectivity index (χ1) is 20.8. The van der Waals surface area contributed by atoms with Gasteiger partial charge in [-0.3, -0.25) is 24.0 Å². The molecule has 13 heteroatoms. The number of hydrogen-bond donors (Lipinski definition) is 2. The van der Waals surface area contributed by atoms with Crippen LogP contribution in [0.1, 0.15) is 51.2 Å². The van der Waals surface area contributed by atoms with Crippen molar-refractivity contribution in [3.8, 4) is 0 Å². The minimum absolute atomic E-state index is 0.0157. The van der Waals surface area contributed by atoms with E-state index in [9.17, 15) is 24.3 Å². The molecule has 3 aliphatic heterocycles. The van der Waals surface area contributed by atoms with E-state index in [-0.39, 0.29) is 38.5 Å². The molecule has 0 spiro atoms. The fourth-order valence-electron chi connectivity index (χ4n) is 6.37. The van der Waals surface area contributed by atoms with Gasteiger partial charge in [-0.15, -0.1) is 0 Å². The second-order valence-corrected chi connectivity index (χ2v) is 12.8. The molecule has 13 nitrogen and oxygen atoms in total. The topological polar surface area (TPSA) is 153 Å². The Kier molecular flexibility index (Phi) is 9.15. The molecular formula is C31H41N3O10. The smallest absolute Gasteiger partial charge is 0.327 e. The number of nitrogens with zero attached hydrogens (tertiary/aromatic N) is 2. The van der Waals surface area contributed by atoms with Gasteiger partial charge in [-0.25, -0.2) is 0 Å². The number of amides is 2. The van der Waals surface area contributed by atoms with Gasteiger partial charge in [-0.1, -0.05) is 24.3 Å². The highest BCUT2D eigenvalue weighted by Gasteiger charge is 2.74. The second-order valence-electron chi connectivity index (χ2n) is 12.8. The van der Waals surface area contributed by atoms with Crippen molar-refractivity contribution in [3.05, 3.63) is 41.5 Å². The summed E-state index contributed by atoms with van der Waals surface area (Å²) in [5, 5.41) is 14.5. The molecule has 0 radical (unpaired) electrons. The van der Waals surface area contributed by atoms with Crippen LogP contribution in [0.4, 0.5) is 0 Å². The molecule has 3 saturated heterocycles. The second kappa shape index (κ2) is 12.6. The van der Waals surface area contributed by atoms with Crippen molar-refractivity contribution in [1.82, 2.24) is 15.3 Å². The number of aliphatic hydroxyl groups is 1. The van der Waals surface area contributed by atoms with Gasteiger partial charge in [0.15, 0.2) is 6.04 Å². The molecule has 1 aromatic carbocycles. The zero-order chi connectivity index (χ0) is 31.8. The normalized spacial score (nSPS) is 30.0. The van der Waals surface area contributed by atoms with Crippen LogP contribution in [-0.2, 0) is 49.5 Å². The Morgan fingerprint density at radius 1 is 1.20 bits per heavy atom. The predicted molar refractivity (Wildman–Crippen MR) is 154 cm³/mol. The minimum Gasteiger partial charge on any atom is -0.460 e. The average Bonchev–Trinajstić information content (AvgIpc) is 3.58. The number of rotatable bonds is 10. The van der Waals surface area contributed by atoms with Crippen molar-refractivity contribution in [2.45, 2.75) is 88.7 Å². The summed E-state index contributed by atoms with van der Waals surface area (Å²) in [5.74, 6) is -1.76. The number of esters is 2. The van der Waals surface area contributed by atoms with Gasteiger partial charge in [-0.05, 0) is 44.4 Å². The zero-order valence-corrected chi connectivity index (χ0v) is 25.7. The highest BCUT2D eigenvalue weighted by atomic mass is 16.8. The van der Waals surface area contributed by atoms with Gasteiger partial charge >= 0.3 is 11.9 Å². The molecule has 2 N–H and O–H groups in total. The van der Waals surface area contributed by atoms with Crippen molar-refractivity contribution in [2.75, 3.05) is 27.5 Å². The Hall–Kier alpha value is -3.36. The zero-order valence-electron chi connectivity index (χ0n) is 25.7. The molecule has 240 valence electrons. The van der Waals surface area contributed by atoms with Gasteiger partial charge < -0.3 is 34.3 Å². The van der Waals surface area contributed by atoms with E-state index < -0.39 is 72.0 Å². The van der Waals surface area contributed by atoms with Gasteiger partial charge in [0.2, 0.25) is 11.8 Å². The molecule has 3 heterocycles. The maximum atomic E-state index is 14.3. The van der Waals surface area contributed by atoms with Crippen molar-refractivity contribution in [2.24, 2.45) is 5.41 Å². The molecule has 5 rings (SSSR count). The minimum atomic E-state index is -1.42. The maximum Gasteiger partial charge on any atom is 0.327 e. The number of carbonyl (C=O) groups is 4. The monoisotopic (exact) mass is 615 g/mol. The average molecular weight is 616 g/mol. The van der Waals surface area contributed by atoms with Gasteiger partial charge in [0.05, 0.1) is 19.2 Å². The Morgan fingerprint density at radius 2 is 1.93 bits per heavy atom. The van der Waals surface area contributed by atoms with Gasteiger partial charge in [-0.2, -0.15) is 5.06 Å². The van der Waals surface area contributed by atoms with Crippen LogP contribution in [0.2, 0.25) is 0 Å². The molecular weight excluding hydrogens is 574 g/mol.